The van der Waals surface area contributed by atoms with Crippen molar-refractivity contribution >= 4 is 16.5 Å². The predicted molar refractivity (Wildman–Crippen MR) is 86.7 cm³/mol. The molecule has 2 aliphatic rings. The average molecular weight is 300 g/mol. The van der Waals surface area contributed by atoms with Gasteiger partial charge in [-0.1, -0.05) is 41.7 Å². The van der Waals surface area contributed by atoms with Crippen LogP contribution in [0.2, 0.25) is 0 Å². The zero-order chi connectivity index (χ0) is 14.2. The van der Waals surface area contributed by atoms with Gasteiger partial charge in [-0.25, -0.2) is 0 Å². The maximum absolute atomic E-state index is 4.44. The molecule has 21 heavy (non-hydrogen) atoms. The van der Waals surface area contributed by atoms with Crippen LogP contribution in [0.15, 0.2) is 30.3 Å². The van der Waals surface area contributed by atoms with E-state index in [9.17, 15) is 0 Å². The monoisotopic (exact) mass is 300 g/mol. The number of aromatic nitrogens is 2. The number of hydrogen-bond donors (Lipinski definition) is 0. The zero-order valence-electron chi connectivity index (χ0n) is 12.3. The smallest absolute Gasteiger partial charge is 0.208 e. The molecule has 2 aromatic rings. The summed E-state index contributed by atoms with van der Waals surface area (Å²) in [6.45, 7) is 2.20. The molecule has 2 fully saturated rings. The Hall–Kier alpha value is -1.46. The van der Waals surface area contributed by atoms with Crippen LogP contribution in [0.1, 0.15) is 19.3 Å². The molecule has 2 atom stereocenters. The Balaban J connectivity index is 1.56. The van der Waals surface area contributed by atoms with E-state index >= 15 is 0 Å². The highest BCUT2D eigenvalue weighted by atomic mass is 32.1. The van der Waals surface area contributed by atoms with Gasteiger partial charge in [-0.15, -0.1) is 10.2 Å². The van der Waals surface area contributed by atoms with Crippen LogP contribution in [0.4, 0.5) is 5.13 Å². The molecule has 0 amide bonds. The lowest BCUT2D eigenvalue weighted by atomic mass is 10.1. The Morgan fingerprint density at radius 1 is 1.05 bits per heavy atom. The van der Waals surface area contributed by atoms with Crippen LogP contribution in [0.3, 0.4) is 0 Å². The molecule has 3 heterocycles. The molecule has 2 unspecified atom stereocenters. The van der Waals surface area contributed by atoms with Crippen LogP contribution < -0.4 is 4.90 Å². The molecular weight excluding hydrogens is 280 g/mol. The largest absolute Gasteiger partial charge is 0.345 e. The molecule has 2 saturated heterocycles. The van der Waals surface area contributed by atoms with Gasteiger partial charge in [0.25, 0.3) is 0 Å². The fraction of sp³-hybridized carbons (Fsp3) is 0.500. The van der Waals surface area contributed by atoms with Gasteiger partial charge in [-0.05, 0) is 26.3 Å². The predicted octanol–water partition coefficient (Wildman–Crippen LogP) is 2.88. The number of likely N-dealkylation sites (N-methyl/N-ethyl adjacent to an activating group) is 1. The highest BCUT2D eigenvalue weighted by Crippen LogP contribution is 2.33. The molecule has 0 aliphatic carbocycles. The van der Waals surface area contributed by atoms with Crippen molar-refractivity contribution in [1.82, 2.24) is 15.1 Å². The first kappa shape index (κ1) is 13.2. The molecule has 1 aromatic carbocycles. The third kappa shape index (κ3) is 2.45. The van der Waals surface area contributed by atoms with Crippen molar-refractivity contribution in [3.8, 4) is 10.6 Å². The van der Waals surface area contributed by atoms with Crippen LogP contribution in [-0.2, 0) is 0 Å². The Morgan fingerprint density at radius 3 is 2.71 bits per heavy atom. The first-order valence-corrected chi connectivity index (χ1v) is 8.49. The first-order chi connectivity index (χ1) is 10.3. The van der Waals surface area contributed by atoms with Crippen molar-refractivity contribution in [1.29, 1.82) is 0 Å². The van der Waals surface area contributed by atoms with Crippen molar-refractivity contribution < 1.29 is 0 Å². The Labute approximate surface area is 129 Å². The van der Waals surface area contributed by atoms with Gasteiger partial charge in [0.05, 0.1) is 0 Å². The van der Waals surface area contributed by atoms with Crippen molar-refractivity contribution in [2.45, 2.75) is 31.3 Å². The van der Waals surface area contributed by atoms with Crippen LogP contribution in [0.5, 0.6) is 0 Å². The summed E-state index contributed by atoms with van der Waals surface area (Å²) < 4.78 is 0. The number of fused-ring (bicyclic) bond motifs is 2. The maximum atomic E-state index is 4.44. The molecule has 2 aliphatic heterocycles. The summed E-state index contributed by atoms with van der Waals surface area (Å²) in [7, 11) is 2.28. The van der Waals surface area contributed by atoms with E-state index in [2.05, 4.69) is 51.3 Å². The summed E-state index contributed by atoms with van der Waals surface area (Å²) in [5.74, 6) is 0. The fourth-order valence-electron chi connectivity index (χ4n) is 3.52. The van der Waals surface area contributed by atoms with Crippen molar-refractivity contribution in [3.05, 3.63) is 30.3 Å². The topological polar surface area (TPSA) is 32.3 Å². The standard InChI is InChI=1S/C16H20N4S/c1-19-13-7-8-14(19)11-20(10-9-13)16-18-17-15(21-16)12-5-3-2-4-6-12/h2-6,13-14H,7-11H2,1H3. The van der Waals surface area contributed by atoms with E-state index in [1.807, 2.05) is 6.07 Å². The van der Waals surface area contributed by atoms with Crippen molar-refractivity contribution in [2.75, 3.05) is 25.0 Å². The molecule has 1 aromatic heterocycles. The lowest BCUT2D eigenvalue weighted by Crippen LogP contribution is -2.36. The summed E-state index contributed by atoms with van der Waals surface area (Å²) in [6.07, 6.45) is 3.93. The Bertz CT molecular complexity index is 612. The number of nitrogens with zero attached hydrogens (tertiary/aromatic N) is 4. The van der Waals surface area contributed by atoms with E-state index in [1.165, 1.54) is 19.3 Å². The zero-order valence-corrected chi connectivity index (χ0v) is 13.1. The summed E-state index contributed by atoms with van der Waals surface area (Å²) in [4.78, 5) is 5.00. The van der Waals surface area contributed by atoms with Gasteiger partial charge in [0.1, 0.15) is 5.01 Å². The average Bonchev–Trinajstić information content (AvgIpc) is 3.06. The number of rotatable bonds is 2. The van der Waals surface area contributed by atoms with E-state index < -0.39 is 0 Å². The molecular formula is C16H20N4S. The van der Waals surface area contributed by atoms with Crippen molar-refractivity contribution in [3.63, 3.8) is 0 Å². The third-order valence-corrected chi connectivity index (χ3v) is 5.89. The van der Waals surface area contributed by atoms with Gasteiger partial charge in [0, 0.05) is 30.7 Å². The maximum Gasteiger partial charge on any atom is 0.208 e. The third-order valence-electron chi connectivity index (χ3n) is 4.85. The number of benzene rings is 1. The van der Waals surface area contributed by atoms with E-state index in [4.69, 9.17) is 0 Å². The molecule has 4 rings (SSSR count). The van der Waals surface area contributed by atoms with E-state index in [0.29, 0.717) is 6.04 Å². The second-order valence-electron chi connectivity index (χ2n) is 6.04. The van der Waals surface area contributed by atoms with Crippen LogP contribution >= 0.6 is 11.3 Å². The molecule has 0 saturated carbocycles. The quantitative estimate of drug-likeness (QED) is 0.853. The van der Waals surface area contributed by atoms with Crippen LogP contribution in [-0.4, -0.2) is 47.3 Å². The van der Waals surface area contributed by atoms with Gasteiger partial charge >= 0.3 is 0 Å². The van der Waals surface area contributed by atoms with Crippen LogP contribution in [0, 0.1) is 0 Å². The molecule has 5 heteroatoms. The highest BCUT2D eigenvalue weighted by molar-refractivity contribution is 7.18. The minimum Gasteiger partial charge on any atom is -0.345 e. The van der Waals surface area contributed by atoms with Gasteiger partial charge in [-0.2, -0.15) is 0 Å². The van der Waals surface area contributed by atoms with Crippen molar-refractivity contribution in [2.24, 2.45) is 0 Å². The number of anilines is 1. The van der Waals surface area contributed by atoms with Gasteiger partial charge in [0.2, 0.25) is 5.13 Å². The summed E-state index contributed by atoms with van der Waals surface area (Å²) >= 11 is 1.72. The van der Waals surface area contributed by atoms with Gasteiger partial charge in [-0.3, -0.25) is 4.90 Å². The molecule has 0 radical (unpaired) electrons. The van der Waals surface area contributed by atoms with Crippen LogP contribution in [0.25, 0.3) is 10.6 Å². The minimum absolute atomic E-state index is 0.682. The normalized spacial score (nSPS) is 26.0. The lowest BCUT2D eigenvalue weighted by Gasteiger charge is -2.24. The highest BCUT2D eigenvalue weighted by Gasteiger charge is 2.35. The molecule has 110 valence electrons. The fourth-order valence-corrected chi connectivity index (χ4v) is 4.41. The van der Waals surface area contributed by atoms with Gasteiger partial charge in [0.15, 0.2) is 0 Å². The summed E-state index contributed by atoms with van der Waals surface area (Å²) in [6, 6.07) is 11.8. The Kier molecular flexibility index (Phi) is 3.39. The number of hydrogen-bond acceptors (Lipinski definition) is 5. The minimum atomic E-state index is 0.682. The summed E-state index contributed by atoms with van der Waals surface area (Å²) in [5.41, 5.74) is 1.16. The molecule has 0 spiro atoms. The summed E-state index contributed by atoms with van der Waals surface area (Å²) in [5, 5.41) is 10.9. The Morgan fingerprint density at radius 2 is 1.86 bits per heavy atom. The van der Waals surface area contributed by atoms with E-state index in [0.717, 1.165) is 34.8 Å². The first-order valence-electron chi connectivity index (χ1n) is 7.67. The van der Waals surface area contributed by atoms with E-state index in [-0.39, 0.29) is 0 Å². The van der Waals surface area contributed by atoms with Gasteiger partial charge < -0.3 is 4.90 Å². The second-order valence-corrected chi connectivity index (χ2v) is 7.00. The SMILES string of the molecule is CN1C2CCC1CN(c1nnc(-c3ccccc3)s1)CC2. The lowest BCUT2D eigenvalue weighted by molar-refractivity contribution is 0.254. The van der Waals surface area contributed by atoms with E-state index in [1.54, 1.807) is 11.3 Å². The molecule has 4 nitrogen and oxygen atoms in total. The molecule has 2 bridgehead atoms. The second kappa shape index (κ2) is 5.39. The molecule has 0 N–H and O–H groups in total.